The Kier molecular flexibility index (Phi) is 6.73. The molecule has 1 amide bonds. The number of amides is 1. The molecule has 1 aliphatic heterocycles. The quantitative estimate of drug-likeness (QED) is 0.363. The van der Waals surface area contributed by atoms with E-state index in [1.54, 1.807) is 4.90 Å². The number of hydrogen-bond donors (Lipinski definition) is 0. The summed E-state index contributed by atoms with van der Waals surface area (Å²) in [5, 5.41) is 12.1. The molecule has 9 heteroatoms. The van der Waals surface area contributed by atoms with Gasteiger partial charge in [0.2, 0.25) is 0 Å². The van der Waals surface area contributed by atoms with Gasteiger partial charge in [0.05, 0.1) is 41.4 Å². The maximum Gasteiger partial charge on any atom is 0.280 e. The van der Waals surface area contributed by atoms with Crippen LogP contribution in [-0.4, -0.2) is 41.7 Å². The SMILES string of the molecule is CCCN1C(=O)/C(=C\c2cc(OC)c(OC)cc2[N+](=O)[O-])SC1=Nc1ccccc1. The number of carbonyl (C=O) groups excluding carboxylic acids is 1. The van der Waals surface area contributed by atoms with E-state index < -0.39 is 4.92 Å². The van der Waals surface area contributed by atoms with Crippen molar-refractivity contribution in [3.8, 4) is 11.5 Å². The highest BCUT2D eigenvalue weighted by Crippen LogP contribution is 2.39. The summed E-state index contributed by atoms with van der Waals surface area (Å²) >= 11 is 1.19. The van der Waals surface area contributed by atoms with Crippen LogP contribution in [0.5, 0.6) is 11.5 Å². The molecule has 0 bridgehead atoms. The minimum Gasteiger partial charge on any atom is -0.493 e. The zero-order valence-electron chi connectivity index (χ0n) is 16.8. The molecular formula is C21H21N3O5S. The van der Waals surface area contributed by atoms with Gasteiger partial charge in [-0.2, -0.15) is 0 Å². The van der Waals surface area contributed by atoms with Crippen LogP contribution in [-0.2, 0) is 4.79 Å². The maximum absolute atomic E-state index is 13.0. The van der Waals surface area contributed by atoms with Crippen LogP contribution in [0.3, 0.4) is 0 Å². The van der Waals surface area contributed by atoms with Crippen LogP contribution in [0.2, 0.25) is 0 Å². The average Bonchev–Trinajstić information content (AvgIpc) is 3.03. The Balaban J connectivity index is 2.06. The molecule has 8 nitrogen and oxygen atoms in total. The molecule has 0 spiro atoms. The first-order chi connectivity index (χ1) is 14.5. The summed E-state index contributed by atoms with van der Waals surface area (Å²) in [5.41, 5.74) is 0.808. The topological polar surface area (TPSA) is 94.3 Å². The van der Waals surface area contributed by atoms with Crippen molar-refractivity contribution in [3.05, 3.63) is 63.0 Å². The summed E-state index contributed by atoms with van der Waals surface area (Å²) in [7, 11) is 2.86. The molecule has 0 aromatic heterocycles. The standard InChI is InChI=1S/C21H21N3O5S/c1-4-10-23-20(25)19(30-21(23)22-15-8-6-5-7-9-15)12-14-11-17(28-2)18(29-3)13-16(14)24(26)27/h5-9,11-13H,4,10H2,1-3H3/b19-12+,22-21?. The van der Waals surface area contributed by atoms with E-state index in [0.717, 1.165) is 12.1 Å². The third kappa shape index (κ3) is 4.46. The van der Waals surface area contributed by atoms with Gasteiger partial charge in [0.1, 0.15) is 0 Å². The molecule has 1 aliphatic rings. The molecule has 0 radical (unpaired) electrons. The van der Waals surface area contributed by atoms with Crippen molar-refractivity contribution < 1.29 is 19.2 Å². The summed E-state index contributed by atoms with van der Waals surface area (Å²) in [6.45, 7) is 2.47. The summed E-state index contributed by atoms with van der Waals surface area (Å²) in [4.78, 5) is 30.6. The van der Waals surface area contributed by atoms with Gasteiger partial charge in [-0.25, -0.2) is 4.99 Å². The minimum absolute atomic E-state index is 0.177. The molecule has 0 N–H and O–H groups in total. The summed E-state index contributed by atoms with van der Waals surface area (Å²) in [6.07, 6.45) is 2.26. The molecule has 1 saturated heterocycles. The second kappa shape index (κ2) is 9.45. The van der Waals surface area contributed by atoms with Crippen molar-refractivity contribution in [3.63, 3.8) is 0 Å². The van der Waals surface area contributed by atoms with Gasteiger partial charge in [-0.05, 0) is 42.5 Å². The van der Waals surface area contributed by atoms with E-state index in [4.69, 9.17) is 9.47 Å². The van der Waals surface area contributed by atoms with Crippen LogP contribution in [0.15, 0.2) is 52.4 Å². The molecular weight excluding hydrogens is 406 g/mol. The lowest BCUT2D eigenvalue weighted by Gasteiger charge is -2.13. The minimum atomic E-state index is -0.513. The van der Waals surface area contributed by atoms with E-state index in [1.165, 1.54) is 44.2 Å². The number of aliphatic imine (C=N–C) groups is 1. The lowest BCUT2D eigenvalue weighted by atomic mass is 10.1. The highest BCUT2D eigenvalue weighted by molar-refractivity contribution is 8.18. The number of benzene rings is 2. The van der Waals surface area contributed by atoms with Crippen LogP contribution >= 0.6 is 11.8 Å². The van der Waals surface area contributed by atoms with Gasteiger partial charge in [-0.3, -0.25) is 19.8 Å². The molecule has 3 rings (SSSR count). The van der Waals surface area contributed by atoms with Crippen LogP contribution in [0.25, 0.3) is 6.08 Å². The third-order valence-corrected chi connectivity index (χ3v) is 5.34. The maximum atomic E-state index is 13.0. The normalized spacial score (nSPS) is 16.4. The van der Waals surface area contributed by atoms with E-state index in [0.29, 0.717) is 22.4 Å². The smallest absolute Gasteiger partial charge is 0.280 e. The van der Waals surface area contributed by atoms with E-state index in [2.05, 4.69) is 4.99 Å². The fraction of sp³-hybridized carbons (Fsp3) is 0.238. The number of hydrogen-bond acceptors (Lipinski definition) is 7. The number of nitro groups is 1. The van der Waals surface area contributed by atoms with Crippen molar-refractivity contribution >= 4 is 40.3 Å². The fourth-order valence-corrected chi connectivity index (χ4v) is 3.94. The summed E-state index contributed by atoms with van der Waals surface area (Å²) < 4.78 is 10.4. The van der Waals surface area contributed by atoms with Gasteiger partial charge in [0.25, 0.3) is 11.6 Å². The Morgan fingerprint density at radius 3 is 2.43 bits per heavy atom. The number of methoxy groups -OCH3 is 2. The lowest BCUT2D eigenvalue weighted by molar-refractivity contribution is -0.385. The number of amidine groups is 1. The third-order valence-electron chi connectivity index (χ3n) is 4.33. The molecule has 0 unspecified atom stereocenters. The number of nitro benzene ring substituents is 1. The Hall–Kier alpha value is -3.33. The first kappa shape index (κ1) is 21.4. The van der Waals surface area contributed by atoms with Gasteiger partial charge in [0.15, 0.2) is 16.7 Å². The van der Waals surface area contributed by atoms with Gasteiger partial charge in [0, 0.05) is 6.54 Å². The van der Waals surface area contributed by atoms with Gasteiger partial charge in [-0.15, -0.1) is 0 Å². The van der Waals surface area contributed by atoms with Crippen molar-refractivity contribution in [2.45, 2.75) is 13.3 Å². The number of ether oxygens (including phenoxy) is 2. The molecule has 30 heavy (non-hydrogen) atoms. The van der Waals surface area contributed by atoms with Crippen LogP contribution < -0.4 is 9.47 Å². The fourth-order valence-electron chi connectivity index (χ4n) is 2.92. The molecule has 2 aromatic rings. The molecule has 0 aliphatic carbocycles. The van der Waals surface area contributed by atoms with Gasteiger partial charge < -0.3 is 9.47 Å². The Morgan fingerprint density at radius 2 is 1.83 bits per heavy atom. The van der Waals surface area contributed by atoms with E-state index in [9.17, 15) is 14.9 Å². The predicted octanol–water partition coefficient (Wildman–Crippen LogP) is 4.63. The Bertz CT molecular complexity index is 1020. The Labute approximate surface area is 178 Å². The van der Waals surface area contributed by atoms with E-state index in [-0.39, 0.29) is 22.9 Å². The molecule has 0 atom stereocenters. The zero-order chi connectivity index (χ0) is 21.7. The molecule has 2 aromatic carbocycles. The van der Waals surface area contributed by atoms with Crippen LogP contribution in [0, 0.1) is 10.1 Å². The van der Waals surface area contributed by atoms with E-state index >= 15 is 0 Å². The number of para-hydroxylation sites is 1. The second-order valence-corrected chi connectivity index (χ2v) is 7.33. The molecule has 1 fully saturated rings. The van der Waals surface area contributed by atoms with Gasteiger partial charge >= 0.3 is 0 Å². The van der Waals surface area contributed by atoms with Crippen molar-refractivity contribution in [2.24, 2.45) is 4.99 Å². The number of carbonyl (C=O) groups is 1. The first-order valence-electron chi connectivity index (χ1n) is 9.24. The van der Waals surface area contributed by atoms with Crippen molar-refractivity contribution in [2.75, 3.05) is 20.8 Å². The Morgan fingerprint density at radius 1 is 1.17 bits per heavy atom. The average molecular weight is 427 g/mol. The van der Waals surface area contributed by atoms with Crippen LogP contribution in [0.4, 0.5) is 11.4 Å². The zero-order valence-corrected chi connectivity index (χ0v) is 17.6. The lowest BCUT2D eigenvalue weighted by Crippen LogP contribution is -2.29. The van der Waals surface area contributed by atoms with Gasteiger partial charge in [-0.1, -0.05) is 25.1 Å². The highest BCUT2D eigenvalue weighted by atomic mass is 32.2. The van der Waals surface area contributed by atoms with Crippen molar-refractivity contribution in [1.82, 2.24) is 4.90 Å². The first-order valence-corrected chi connectivity index (χ1v) is 10.1. The van der Waals surface area contributed by atoms with E-state index in [1.807, 2.05) is 37.3 Å². The highest BCUT2D eigenvalue weighted by Gasteiger charge is 2.33. The molecule has 1 heterocycles. The van der Waals surface area contributed by atoms with Crippen molar-refractivity contribution in [1.29, 1.82) is 0 Å². The second-order valence-electron chi connectivity index (χ2n) is 6.32. The molecule has 0 saturated carbocycles. The number of rotatable bonds is 7. The largest absolute Gasteiger partial charge is 0.493 e. The monoisotopic (exact) mass is 427 g/mol. The van der Waals surface area contributed by atoms with Crippen LogP contribution in [0.1, 0.15) is 18.9 Å². The summed E-state index contributed by atoms with van der Waals surface area (Å²) in [5.74, 6) is 0.352. The molecule has 156 valence electrons. The predicted molar refractivity (Wildman–Crippen MR) is 117 cm³/mol. The number of nitrogens with zero attached hydrogens (tertiary/aromatic N) is 3. The number of thioether (sulfide) groups is 1. The summed E-state index contributed by atoms with van der Waals surface area (Å²) in [6, 6.07) is 12.1.